The van der Waals surface area contributed by atoms with Crippen molar-refractivity contribution in [2.45, 2.75) is 37.8 Å². The van der Waals surface area contributed by atoms with Gasteiger partial charge in [0.25, 0.3) is 23.6 Å². The number of nitrogens with zero attached hydrogens (tertiary/aromatic N) is 4. The minimum absolute atomic E-state index is 0.342. The van der Waals surface area contributed by atoms with E-state index in [0.717, 1.165) is 56.4 Å². The number of imide groups is 2. The number of rotatable bonds is 16. The summed E-state index contributed by atoms with van der Waals surface area (Å²) >= 11 is 0. The molecule has 0 spiro atoms. The molecule has 0 N–H and O–H groups in total. The van der Waals surface area contributed by atoms with Crippen LogP contribution in [0.5, 0.6) is 0 Å². The van der Waals surface area contributed by atoms with E-state index in [-0.39, 0.29) is 23.6 Å². The molecule has 2 aliphatic heterocycles. The maximum atomic E-state index is 15.3. The lowest BCUT2D eigenvalue weighted by Crippen LogP contribution is -2.48. The molecule has 1 saturated carbocycles. The van der Waals surface area contributed by atoms with Gasteiger partial charge in [-0.1, -0.05) is 231 Å². The molecule has 86 heavy (non-hydrogen) atoms. The molecule has 13 rings (SSSR count). The van der Waals surface area contributed by atoms with Gasteiger partial charge in [-0.3, -0.25) is 29.0 Å². The van der Waals surface area contributed by atoms with E-state index in [0.29, 0.717) is 70.2 Å². The molecule has 0 bridgehead atoms. The highest BCUT2D eigenvalue weighted by atomic mass is 16.2. The third kappa shape index (κ3) is 11.1. The molecule has 8 heteroatoms. The predicted molar refractivity (Wildman–Crippen MR) is 349 cm³/mol. The first kappa shape index (κ1) is 54.3. The van der Waals surface area contributed by atoms with Crippen molar-refractivity contribution < 1.29 is 19.2 Å². The summed E-state index contributed by atoms with van der Waals surface area (Å²) in [4.78, 5) is 68.3. The Morgan fingerprint density at radius 3 is 0.686 bits per heavy atom. The minimum atomic E-state index is -0.473. The number of carbonyl (C=O) groups excluding carboxylic acids is 4. The van der Waals surface area contributed by atoms with Crippen LogP contribution in [-0.4, -0.2) is 45.5 Å². The van der Waals surface area contributed by atoms with E-state index in [2.05, 4.69) is 58.3 Å². The first-order chi connectivity index (χ1) is 42.3. The second-order valence-corrected chi connectivity index (χ2v) is 21.8. The van der Waals surface area contributed by atoms with E-state index in [1.807, 2.05) is 255 Å². The molecule has 10 aromatic carbocycles. The Morgan fingerprint density at radius 2 is 0.442 bits per heavy atom. The van der Waals surface area contributed by atoms with Crippen LogP contribution in [0.1, 0.15) is 70.2 Å². The van der Waals surface area contributed by atoms with Crippen LogP contribution in [0, 0.1) is 0 Å². The van der Waals surface area contributed by atoms with Crippen LogP contribution in [0.4, 0.5) is 34.1 Å². The summed E-state index contributed by atoms with van der Waals surface area (Å²) in [5.74, 6) is -1.44. The highest BCUT2D eigenvalue weighted by Crippen LogP contribution is 2.45. The molecule has 2 heterocycles. The highest BCUT2D eigenvalue weighted by molar-refractivity contribution is 6.50. The summed E-state index contributed by atoms with van der Waals surface area (Å²) in [6, 6.07) is 91.1. The normalized spacial score (nSPS) is 16.3. The van der Waals surface area contributed by atoms with Crippen LogP contribution in [-0.2, 0) is 19.2 Å². The van der Waals surface area contributed by atoms with E-state index in [1.54, 1.807) is 0 Å². The summed E-state index contributed by atoms with van der Waals surface area (Å²) in [6.45, 7) is 0. The summed E-state index contributed by atoms with van der Waals surface area (Å²) < 4.78 is 0. The van der Waals surface area contributed by atoms with E-state index < -0.39 is 12.1 Å². The molecule has 0 atom stereocenters. The number of hydrogen-bond acceptors (Lipinski definition) is 6. The van der Waals surface area contributed by atoms with Gasteiger partial charge in [-0.25, -0.2) is 0 Å². The van der Waals surface area contributed by atoms with Crippen LogP contribution in [0.3, 0.4) is 0 Å². The molecule has 416 valence electrons. The van der Waals surface area contributed by atoms with Gasteiger partial charge in [0.05, 0.1) is 22.3 Å². The van der Waals surface area contributed by atoms with Gasteiger partial charge in [-0.05, 0) is 143 Å². The molecule has 1 aliphatic carbocycles. The summed E-state index contributed by atoms with van der Waals surface area (Å²) in [7, 11) is 0. The van der Waals surface area contributed by atoms with Crippen molar-refractivity contribution in [1.82, 2.24) is 9.80 Å². The molecule has 1 fully saturated rings. The second-order valence-electron chi connectivity index (χ2n) is 21.8. The van der Waals surface area contributed by atoms with Gasteiger partial charge >= 0.3 is 0 Å². The zero-order valence-electron chi connectivity index (χ0n) is 47.3. The molecular weight excluding hydrogens is 1060 g/mol. The van der Waals surface area contributed by atoms with Crippen molar-refractivity contribution in [3.05, 3.63) is 324 Å². The molecule has 8 nitrogen and oxygen atoms in total. The number of carbonyl (C=O) groups is 4. The first-order valence-corrected chi connectivity index (χ1v) is 29.3. The number of anilines is 6. The lowest BCUT2D eigenvalue weighted by atomic mass is 9.89. The zero-order valence-corrected chi connectivity index (χ0v) is 47.3. The minimum Gasteiger partial charge on any atom is -0.311 e. The molecular formula is C78H60N4O4. The standard InChI is InChI=1S/C78H60N4O4/c83-75-71(59-39-35-57(36-40-59)33-31-55-19-7-1-8-20-55)73(61-43-47-67(48-44-61)79(63-23-11-3-12-24-63)64-25-13-4-14-26-64)77(85)81(75)69-51-53-70(54-52-69)82-76(84)72(60-41-37-58(38-42-60)34-32-56-21-9-2-10-22-56)74(78(82)86)62-45-49-68(50-46-62)80(65-27-15-5-16-28-65)66-29-17-6-18-30-66/h1-50,69-70H,51-54H2/b33-31+,34-32+. The summed E-state index contributed by atoms with van der Waals surface area (Å²) in [5.41, 5.74) is 13.7. The molecule has 0 saturated heterocycles. The Kier molecular flexibility index (Phi) is 15.5. The lowest BCUT2D eigenvalue weighted by molar-refractivity contribution is -0.144. The summed E-state index contributed by atoms with van der Waals surface area (Å²) in [6.07, 6.45) is 9.78. The average molecular weight is 1120 g/mol. The van der Waals surface area contributed by atoms with Crippen LogP contribution in [0.15, 0.2) is 279 Å². The largest absolute Gasteiger partial charge is 0.311 e. The Morgan fingerprint density at radius 1 is 0.244 bits per heavy atom. The topological polar surface area (TPSA) is 81.2 Å². The smallest absolute Gasteiger partial charge is 0.262 e. The number of hydrogen-bond donors (Lipinski definition) is 0. The fourth-order valence-corrected chi connectivity index (χ4v) is 12.2. The van der Waals surface area contributed by atoms with Crippen molar-refractivity contribution in [2.24, 2.45) is 0 Å². The number of benzene rings is 10. The highest BCUT2D eigenvalue weighted by Gasteiger charge is 2.48. The van der Waals surface area contributed by atoms with E-state index in [1.165, 1.54) is 9.80 Å². The fraction of sp³-hybridized carbons (Fsp3) is 0.0769. The van der Waals surface area contributed by atoms with Crippen LogP contribution >= 0.6 is 0 Å². The Labute approximate surface area is 501 Å². The van der Waals surface area contributed by atoms with E-state index in [4.69, 9.17) is 0 Å². The van der Waals surface area contributed by atoms with Crippen molar-refractivity contribution in [2.75, 3.05) is 9.80 Å². The van der Waals surface area contributed by atoms with Gasteiger partial charge in [-0.2, -0.15) is 0 Å². The zero-order chi connectivity index (χ0) is 58.3. The Bertz CT molecular complexity index is 3840. The first-order valence-electron chi connectivity index (χ1n) is 29.3. The molecule has 4 amide bonds. The molecule has 10 aromatic rings. The van der Waals surface area contributed by atoms with Crippen molar-refractivity contribution in [1.29, 1.82) is 0 Å². The lowest BCUT2D eigenvalue weighted by Gasteiger charge is -2.37. The van der Waals surface area contributed by atoms with Gasteiger partial charge in [0.1, 0.15) is 0 Å². The summed E-state index contributed by atoms with van der Waals surface area (Å²) in [5, 5.41) is 0. The monoisotopic (exact) mass is 1120 g/mol. The predicted octanol–water partition coefficient (Wildman–Crippen LogP) is 17.5. The van der Waals surface area contributed by atoms with Crippen LogP contribution in [0.25, 0.3) is 46.6 Å². The van der Waals surface area contributed by atoms with Crippen molar-refractivity contribution in [3.8, 4) is 0 Å². The second kappa shape index (κ2) is 24.5. The number of para-hydroxylation sites is 4. The third-order valence-corrected chi connectivity index (χ3v) is 16.4. The van der Waals surface area contributed by atoms with Gasteiger partial charge in [0.15, 0.2) is 0 Å². The van der Waals surface area contributed by atoms with Gasteiger partial charge < -0.3 is 9.80 Å². The van der Waals surface area contributed by atoms with Crippen LogP contribution < -0.4 is 9.80 Å². The van der Waals surface area contributed by atoms with Gasteiger partial charge in [0.2, 0.25) is 0 Å². The Balaban J connectivity index is 0.797. The van der Waals surface area contributed by atoms with Gasteiger partial charge in [-0.15, -0.1) is 0 Å². The van der Waals surface area contributed by atoms with Crippen molar-refractivity contribution >= 4 is 104 Å². The van der Waals surface area contributed by atoms with Gasteiger partial charge in [0, 0.05) is 46.2 Å². The third-order valence-electron chi connectivity index (χ3n) is 16.4. The number of amides is 4. The average Bonchev–Trinajstić information content (AvgIpc) is 2.06. The van der Waals surface area contributed by atoms with Crippen molar-refractivity contribution in [3.63, 3.8) is 0 Å². The molecule has 0 unspecified atom stereocenters. The fourth-order valence-electron chi connectivity index (χ4n) is 12.2. The molecule has 3 aliphatic rings. The maximum Gasteiger partial charge on any atom is 0.262 e. The maximum absolute atomic E-state index is 15.3. The quantitative estimate of drug-likeness (QED) is 0.0708. The molecule has 0 radical (unpaired) electrons. The van der Waals surface area contributed by atoms with Crippen LogP contribution in [0.2, 0.25) is 0 Å². The van der Waals surface area contributed by atoms with E-state index >= 15 is 19.2 Å². The SMILES string of the molecule is O=C1C(c2ccc(/C=C/c3ccccc3)cc2)=C(c2ccc(N(c3ccccc3)c3ccccc3)cc2)C(=O)N1C1CCC(N2C(=O)C(c3ccc(/C=C/c4ccccc4)cc3)=C(c3ccc(N(c4ccccc4)c4ccccc4)cc3)C2=O)CC1. The van der Waals surface area contributed by atoms with E-state index in [9.17, 15) is 0 Å². The molecule has 0 aromatic heterocycles. The Hall–Kier alpha value is -11.0.